The van der Waals surface area contributed by atoms with Gasteiger partial charge in [0.05, 0.1) is 5.69 Å². The average Bonchev–Trinajstić information content (AvgIpc) is 3.08. The van der Waals surface area contributed by atoms with E-state index in [4.69, 9.17) is 4.52 Å². The van der Waals surface area contributed by atoms with E-state index in [9.17, 15) is 4.79 Å². The lowest BCUT2D eigenvalue weighted by molar-refractivity contribution is 0.0636. The molecule has 26 heavy (non-hydrogen) atoms. The monoisotopic (exact) mass is 353 g/mol. The van der Waals surface area contributed by atoms with Gasteiger partial charge in [0.15, 0.2) is 0 Å². The number of carbonyl (C=O) groups excluding carboxylic acids is 1. The second-order valence-corrected chi connectivity index (χ2v) is 7.99. The van der Waals surface area contributed by atoms with Crippen LogP contribution in [0.5, 0.6) is 0 Å². The van der Waals surface area contributed by atoms with Crippen LogP contribution in [0.15, 0.2) is 35.1 Å². The van der Waals surface area contributed by atoms with Crippen molar-refractivity contribution in [3.63, 3.8) is 0 Å². The third kappa shape index (κ3) is 2.75. The van der Waals surface area contributed by atoms with Crippen molar-refractivity contribution in [2.24, 2.45) is 0 Å². The minimum absolute atomic E-state index is 0.0499. The van der Waals surface area contributed by atoms with Gasteiger partial charge in [-0.15, -0.1) is 0 Å². The zero-order valence-electron chi connectivity index (χ0n) is 15.9. The van der Waals surface area contributed by atoms with Gasteiger partial charge in [-0.05, 0) is 63.2 Å². The molecule has 1 aliphatic carbocycles. The number of fused-ring (bicyclic) bond motifs is 2. The average molecular weight is 353 g/mol. The highest BCUT2D eigenvalue weighted by molar-refractivity contribution is 5.94. The van der Waals surface area contributed by atoms with Crippen molar-refractivity contribution in [2.45, 2.75) is 44.1 Å². The summed E-state index contributed by atoms with van der Waals surface area (Å²) in [5.41, 5.74) is 4.45. The van der Waals surface area contributed by atoms with E-state index in [2.05, 4.69) is 48.4 Å². The Hall–Kier alpha value is -2.14. The van der Waals surface area contributed by atoms with Gasteiger partial charge in [-0.1, -0.05) is 29.4 Å². The van der Waals surface area contributed by atoms with Gasteiger partial charge in [0.25, 0.3) is 5.91 Å². The number of likely N-dealkylation sites (tertiary alicyclic amines) is 1. The van der Waals surface area contributed by atoms with Crippen LogP contribution in [-0.4, -0.2) is 48.0 Å². The molecule has 1 saturated heterocycles. The first-order valence-corrected chi connectivity index (χ1v) is 9.48. The smallest absolute Gasteiger partial charge is 0.259 e. The highest BCUT2D eigenvalue weighted by atomic mass is 16.5. The van der Waals surface area contributed by atoms with Gasteiger partial charge in [-0.2, -0.15) is 0 Å². The predicted molar refractivity (Wildman–Crippen MR) is 100 cm³/mol. The van der Waals surface area contributed by atoms with Crippen molar-refractivity contribution in [1.82, 2.24) is 15.0 Å². The first kappa shape index (κ1) is 17.3. The molecule has 1 amide bonds. The normalized spacial score (nSPS) is 21.8. The topological polar surface area (TPSA) is 49.6 Å². The Morgan fingerprint density at radius 3 is 2.62 bits per heavy atom. The summed E-state index contributed by atoms with van der Waals surface area (Å²) in [5, 5.41) is 3.84. The highest BCUT2D eigenvalue weighted by Crippen LogP contribution is 2.49. The van der Waals surface area contributed by atoms with Crippen LogP contribution in [0.2, 0.25) is 0 Å². The fourth-order valence-corrected chi connectivity index (χ4v) is 4.84. The second-order valence-electron chi connectivity index (χ2n) is 7.99. The van der Waals surface area contributed by atoms with Crippen LogP contribution in [-0.2, 0) is 5.41 Å². The van der Waals surface area contributed by atoms with Gasteiger partial charge in [-0.25, -0.2) is 0 Å². The molecule has 1 atom stereocenters. The van der Waals surface area contributed by atoms with Gasteiger partial charge in [0.1, 0.15) is 11.8 Å². The molecule has 5 nitrogen and oxygen atoms in total. The fraction of sp³-hybridized carbons (Fsp3) is 0.524. The Balaban J connectivity index is 1.56. The van der Waals surface area contributed by atoms with Crippen LogP contribution >= 0.6 is 0 Å². The molecule has 0 N–H and O–H groups in total. The lowest BCUT2D eigenvalue weighted by Gasteiger charge is -2.48. The number of aromatic nitrogens is 1. The summed E-state index contributed by atoms with van der Waals surface area (Å²) in [6.45, 7) is 3.41. The zero-order valence-corrected chi connectivity index (χ0v) is 15.9. The lowest BCUT2D eigenvalue weighted by atomic mass is 9.63. The quantitative estimate of drug-likeness (QED) is 0.828. The van der Waals surface area contributed by atoms with Gasteiger partial charge in [0.2, 0.25) is 0 Å². The van der Waals surface area contributed by atoms with Crippen LogP contribution in [0.1, 0.15) is 58.9 Å². The van der Waals surface area contributed by atoms with Crippen molar-refractivity contribution in [1.29, 1.82) is 0 Å². The maximum Gasteiger partial charge on any atom is 0.259 e. The molecule has 2 aromatic rings. The van der Waals surface area contributed by atoms with Crippen LogP contribution < -0.4 is 0 Å². The summed E-state index contributed by atoms with van der Waals surface area (Å²) in [6.07, 6.45) is 5.91. The van der Waals surface area contributed by atoms with E-state index in [0.717, 1.165) is 25.9 Å². The number of aryl methyl sites for hydroxylation is 1. The number of piperidine rings is 1. The molecule has 4 rings (SSSR count). The minimum Gasteiger partial charge on any atom is -0.364 e. The van der Waals surface area contributed by atoms with Crippen molar-refractivity contribution < 1.29 is 9.32 Å². The molecular formula is C21H27N3O2. The van der Waals surface area contributed by atoms with Crippen LogP contribution in [0.25, 0.3) is 0 Å². The molecule has 1 fully saturated rings. The van der Waals surface area contributed by atoms with E-state index in [1.807, 2.05) is 11.8 Å². The molecular weight excluding hydrogens is 326 g/mol. The van der Waals surface area contributed by atoms with Crippen molar-refractivity contribution in [3.05, 3.63) is 52.9 Å². The van der Waals surface area contributed by atoms with Gasteiger partial charge in [-0.3, -0.25) is 4.79 Å². The Morgan fingerprint density at radius 2 is 1.96 bits per heavy atom. The zero-order chi connectivity index (χ0) is 18.3. The molecule has 2 aliphatic rings. The molecule has 1 unspecified atom stereocenters. The van der Waals surface area contributed by atoms with Gasteiger partial charge in [0, 0.05) is 19.1 Å². The van der Waals surface area contributed by atoms with Gasteiger partial charge < -0.3 is 14.3 Å². The SMILES string of the molecule is Cc1nocc1C(=O)N1CCC2(CCC(N(C)C)c3ccccc32)CC1. The summed E-state index contributed by atoms with van der Waals surface area (Å²) in [5.74, 6) is 0.0499. The van der Waals surface area contributed by atoms with Crippen LogP contribution in [0, 0.1) is 6.92 Å². The van der Waals surface area contributed by atoms with Gasteiger partial charge >= 0.3 is 0 Å². The number of benzene rings is 1. The predicted octanol–water partition coefficient (Wildman–Crippen LogP) is 3.55. The number of rotatable bonds is 2. The van der Waals surface area contributed by atoms with E-state index >= 15 is 0 Å². The molecule has 138 valence electrons. The minimum atomic E-state index is 0.0499. The number of nitrogens with zero attached hydrogens (tertiary/aromatic N) is 3. The summed E-state index contributed by atoms with van der Waals surface area (Å²) in [4.78, 5) is 17.1. The molecule has 2 heterocycles. The van der Waals surface area contributed by atoms with Crippen LogP contribution in [0.4, 0.5) is 0 Å². The molecule has 0 saturated carbocycles. The van der Waals surface area contributed by atoms with Crippen molar-refractivity contribution in [3.8, 4) is 0 Å². The molecule has 1 aromatic carbocycles. The van der Waals surface area contributed by atoms with Crippen molar-refractivity contribution in [2.75, 3.05) is 27.2 Å². The van der Waals surface area contributed by atoms with Crippen molar-refractivity contribution >= 4 is 5.91 Å². The summed E-state index contributed by atoms with van der Waals surface area (Å²) in [6, 6.07) is 9.42. The Morgan fingerprint density at radius 1 is 1.23 bits per heavy atom. The molecule has 1 aromatic heterocycles. The molecule has 1 aliphatic heterocycles. The fourth-order valence-electron chi connectivity index (χ4n) is 4.84. The third-order valence-corrected chi connectivity index (χ3v) is 6.40. The van der Waals surface area contributed by atoms with E-state index in [-0.39, 0.29) is 11.3 Å². The van der Waals surface area contributed by atoms with E-state index in [1.165, 1.54) is 30.2 Å². The largest absolute Gasteiger partial charge is 0.364 e. The number of carbonyl (C=O) groups is 1. The molecule has 5 heteroatoms. The molecule has 1 spiro atoms. The summed E-state index contributed by atoms with van der Waals surface area (Å²) < 4.78 is 4.95. The second kappa shape index (κ2) is 6.54. The maximum atomic E-state index is 12.8. The number of hydrogen-bond donors (Lipinski definition) is 0. The van der Waals surface area contributed by atoms with E-state index in [0.29, 0.717) is 17.3 Å². The first-order valence-electron chi connectivity index (χ1n) is 9.48. The Labute approximate surface area is 155 Å². The first-order chi connectivity index (χ1) is 12.5. The molecule has 0 bridgehead atoms. The molecule has 0 radical (unpaired) electrons. The lowest BCUT2D eigenvalue weighted by Crippen LogP contribution is -2.47. The van der Waals surface area contributed by atoms with E-state index < -0.39 is 0 Å². The standard InChI is InChI=1S/C21H27N3O2/c1-15-17(14-26-22-15)20(25)24-12-10-21(11-13-24)9-8-19(23(2)3)16-6-4-5-7-18(16)21/h4-7,14,19H,8-13H2,1-3H3. The summed E-state index contributed by atoms with van der Waals surface area (Å²) in [7, 11) is 4.34. The number of hydrogen-bond acceptors (Lipinski definition) is 4. The number of amides is 1. The Bertz CT molecular complexity index is 803. The van der Waals surface area contributed by atoms with E-state index in [1.54, 1.807) is 0 Å². The summed E-state index contributed by atoms with van der Waals surface area (Å²) >= 11 is 0. The maximum absolute atomic E-state index is 12.8. The highest BCUT2D eigenvalue weighted by Gasteiger charge is 2.43. The van der Waals surface area contributed by atoms with Crippen LogP contribution in [0.3, 0.4) is 0 Å². The third-order valence-electron chi connectivity index (χ3n) is 6.40. The Kier molecular flexibility index (Phi) is 4.35.